The zero-order valence-electron chi connectivity index (χ0n) is 10.2. The van der Waals surface area contributed by atoms with Crippen LogP contribution in [0.1, 0.15) is 44.2 Å². The van der Waals surface area contributed by atoms with E-state index in [1.807, 2.05) is 0 Å². The highest BCUT2D eigenvalue weighted by molar-refractivity contribution is 9.10. The standard InChI is InChI=1S/C14H19BrFN/c1-2-17-14(8-5-10-3-4-10)12-9-11(16)6-7-13(12)15/h6-7,9-10,14,17H,2-5,8H2,1H3. The smallest absolute Gasteiger partial charge is 0.123 e. The van der Waals surface area contributed by atoms with Gasteiger partial charge < -0.3 is 5.32 Å². The monoisotopic (exact) mass is 299 g/mol. The molecule has 1 aliphatic rings. The van der Waals surface area contributed by atoms with Gasteiger partial charge in [0.1, 0.15) is 5.82 Å². The molecule has 0 spiro atoms. The molecule has 1 aromatic carbocycles. The third-order valence-electron chi connectivity index (χ3n) is 3.34. The van der Waals surface area contributed by atoms with Crippen LogP contribution < -0.4 is 5.32 Å². The highest BCUT2D eigenvalue weighted by atomic mass is 79.9. The molecule has 17 heavy (non-hydrogen) atoms. The molecule has 0 heterocycles. The quantitative estimate of drug-likeness (QED) is 0.819. The molecular weight excluding hydrogens is 281 g/mol. The molecule has 3 heteroatoms. The normalized spacial score (nSPS) is 17.1. The van der Waals surface area contributed by atoms with E-state index in [1.165, 1.54) is 25.3 Å². The van der Waals surface area contributed by atoms with Crippen molar-refractivity contribution >= 4 is 15.9 Å². The summed E-state index contributed by atoms with van der Waals surface area (Å²) in [7, 11) is 0. The second-order valence-electron chi connectivity index (χ2n) is 4.80. The first-order chi connectivity index (χ1) is 8.20. The summed E-state index contributed by atoms with van der Waals surface area (Å²) in [5, 5.41) is 3.45. The van der Waals surface area contributed by atoms with Gasteiger partial charge in [0.15, 0.2) is 0 Å². The van der Waals surface area contributed by atoms with Crippen LogP contribution in [0.3, 0.4) is 0 Å². The highest BCUT2D eigenvalue weighted by Crippen LogP contribution is 2.37. The second-order valence-corrected chi connectivity index (χ2v) is 5.65. The number of benzene rings is 1. The Bertz CT molecular complexity index is 376. The van der Waals surface area contributed by atoms with Gasteiger partial charge in [0.25, 0.3) is 0 Å². The van der Waals surface area contributed by atoms with Gasteiger partial charge in [-0.2, -0.15) is 0 Å². The number of hydrogen-bond acceptors (Lipinski definition) is 1. The van der Waals surface area contributed by atoms with Gasteiger partial charge in [0.05, 0.1) is 0 Å². The highest BCUT2D eigenvalue weighted by Gasteiger charge is 2.23. The van der Waals surface area contributed by atoms with Crippen molar-refractivity contribution in [3.63, 3.8) is 0 Å². The van der Waals surface area contributed by atoms with Crippen LogP contribution in [0.5, 0.6) is 0 Å². The fourth-order valence-electron chi connectivity index (χ4n) is 2.20. The SMILES string of the molecule is CCNC(CCC1CC1)c1cc(F)ccc1Br. The van der Waals surface area contributed by atoms with Gasteiger partial charge in [-0.15, -0.1) is 0 Å². The Morgan fingerprint density at radius 2 is 2.24 bits per heavy atom. The van der Waals surface area contributed by atoms with E-state index in [2.05, 4.69) is 28.2 Å². The Labute approximate surface area is 111 Å². The van der Waals surface area contributed by atoms with Crippen LogP contribution in [-0.4, -0.2) is 6.54 Å². The maximum absolute atomic E-state index is 13.3. The summed E-state index contributed by atoms with van der Waals surface area (Å²) in [6.07, 6.45) is 5.10. The van der Waals surface area contributed by atoms with Crippen LogP contribution in [-0.2, 0) is 0 Å². The van der Waals surface area contributed by atoms with Gasteiger partial charge in [0.2, 0.25) is 0 Å². The van der Waals surface area contributed by atoms with Crippen molar-refractivity contribution in [2.45, 2.75) is 38.6 Å². The number of nitrogens with one attached hydrogen (secondary N) is 1. The minimum absolute atomic E-state index is 0.155. The Morgan fingerprint density at radius 3 is 2.88 bits per heavy atom. The average molecular weight is 300 g/mol. The molecule has 0 saturated heterocycles. The fraction of sp³-hybridized carbons (Fsp3) is 0.571. The molecule has 0 amide bonds. The summed E-state index contributed by atoms with van der Waals surface area (Å²) in [6.45, 7) is 3.01. The van der Waals surface area contributed by atoms with Gasteiger partial charge >= 0.3 is 0 Å². The van der Waals surface area contributed by atoms with Crippen LogP contribution in [0.25, 0.3) is 0 Å². The summed E-state index contributed by atoms with van der Waals surface area (Å²) in [5.41, 5.74) is 1.05. The minimum Gasteiger partial charge on any atom is -0.310 e. The third-order valence-corrected chi connectivity index (χ3v) is 4.07. The zero-order chi connectivity index (χ0) is 12.3. The number of rotatable bonds is 6. The molecule has 0 aromatic heterocycles. The van der Waals surface area contributed by atoms with E-state index in [-0.39, 0.29) is 11.9 Å². The molecule has 1 aromatic rings. The zero-order valence-corrected chi connectivity index (χ0v) is 11.8. The van der Waals surface area contributed by atoms with E-state index < -0.39 is 0 Å². The lowest BCUT2D eigenvalue weighted by Crippen LogP contribution is -2.21. The summed E-state index contributed by atoms with van der Waals surface area (Å²) >= 11 is 3.52. The van der Waals surface area contributed by atoms with Crippen molar-refractivity contribution < 1.29 is 4.39 Å². The molecule has 1 nitrogen and oxygen atoms in total. The van der Waals surface area contributed by atoms with E-state index in [1.54, 1.807) is 12.1 Å². The lowest BCUT2D eigenvalue weighted by Gasteiger charge is -2.19. The molecule has 1 N–H and O–H groups in total. The molecule has 1 saturated carbocycles. The van der Waals surface area contributed by atoms with Crippen LogP contribution in [0.4, 0.5) is 4.39 Å². The Morgan fingerprint density at radius 1 is 1.47 bits per heavy atom. The first kappa shape index (κ1) is 13.0. The molecule has 1 fully saturated rings. The van der Waals surface area contributed by atoms with Crippen molar-refractivity contribution in [3.05, 3.63) is 34.1 Å². The minimum atomic E-state index is -0.155. The summed E-state index contributed by atoms with van der Waals surface area (Å²) in [5.74, 6) is 0.765. The van der Waals surface area contributed by atoms with E-state index in [0.29, 0.717) is 0 Å². The number of halogens is 2. The molecule has 0 aliphatic heterocycles. The van der Waals surface area contributed by atoms with Crippen molar-refractivity contribution in [3.8, 4) is 0 Å². The first-order valence-electron chi connectivity index (χ1n) is 6.39. The van der Waals surface area contributed by atoms with E-state index in [4.69, 9.17) is 0 Å². The summed E-state index contributed by atoms with van der Waals surface area (Å²) in [4.78, 5) is 0. The molecule has 1 atom stereocenters. The van der Waals surface area contributed by atoms with Gasteiger partial charge in [-0.05, 0) is 49.1 Å². The molecule has 2 rings (SSSR count). The van der Waals surface area contributed by atoms with Crippen LogP contribution in [0.15, 0.2) is 22.7 Å². The molecule has 1 unspecified atom stereocenters. The Kier molecular flexibility index (Phi) is 4.57. The van der Waals surface area contributed by atoms with Crippen molar-refractivity contribution in [2.75, 3.05) is 6.54 Å². The lowest BCUT2D eigenvalue weighted by atomic mass is 10.0. The van der Waals surface area contributed by atoms with E-state index in [9.17, 15) is 4.39 Å². The molecule has 1 aliphatic carbocycles. The molecular formula is C14H19BrFN. The number of hydrogen-bond donors (Lipinski definition) is 1. The van der Waals surface area contributed by atoms with Crippen LogP contribution in [0.2, 0.25) is 0 Å². The fourth-order valence-corrected chi connectivity index (χ4v) is 2.73. The maximum Gasteiger partial charge on any atom is 0.123 e. The molecule has 94 valence electrons. The van der Waals surface area contributed by atoms with Gasteiger partial charge in [0, 0.05) is 10.5 Å². The van der Waals surface area contributed by atoms with Crippen molar-refractivity contribution in [1.82, 2.24) is 5.32 Å². The molecule has 0 bridgehead atoms. The van der Waals surface area contributed by atoms with Gasteiger partial charge in [-0.25, -0.2) is 4.39 Å². The summed E-state index contributed by atoms with van der Waals surface area (Å²) in [6, 6.07) is 5.21. The van der Waals surface area contributed by atoms with Gasteiger partial charge in [-0.1, -0.05) is 35.7 Å². The Balaban J connectivity index is 2.08. The van der Waals surface area contributed by atoms with E-state index >= 15 is 0 Å². The predicted octanol–water partition coefficient (Wildman–Crippen LogP) is 4.43. The maximum atomic E-state index is 13.3. The van der Waals surface area contributed by atoms with Gasteiger partial charge in [-0.3, -0.25) is 0 Å². The first-order valence-corrected chi connectivity index (χ1v) is 7.18. The Hall–Kier alpha value is -0.410. The van der Waals surface area contributed by atoms with Crippen molar-refractivity contribution in [1.29, 1.82) is 0 Å². The topological polar surface area (TPSA) is 12.0 Å². The second kappa shape index (κ2) is 5.96. The average Bonchev–Trinajstić information content (AvgIpc) is 3.12. The summed E-state index contributed by atoms with van der Waals surface area (Å²) < 4.78 is 14.3. The predicted molar refractivity (Wildman–Crippen MR) is 72.5 cm³/mol. The van der Waals surface area contributed by atoms with Crippen LogP contribution >= 0.6 is 15.9 Å². The van der Waals surface area contributed by atoms with Crippen molar-refractivity contribution in [2.24, 2.45) is 5.92 Å². The largest absolute Gasteiger partial charge is 0.310 e. The van der Waals surface area contributed by atoms with Crippen LogP contribution in [0, 0.1) is 11.7 Å². The lowest BCUT2D eigenvalue weighted by molar-refractivity contribution is 0.477. The third kappa shape index (κ3) is 3.78. The molecule has 0 radical (unpaired) electrons. The van der Waals surface area contributed by atoms with E-state index in [0.717, 1.165) is 28.9 Å².